The van der Waals surface area contributed by atoms with Gasteiger partial charge < -0.3 is 4.74 Å². The molecule has 2 saturated heterocycles. The van der Waals surface area contributed by atoms with Crippen molar-refractivity contribution in [3.63, 3.8) is 0 Å². The summed E-state index contributed by atoms with van der Waals surface area (Å²) in [6, 6.07) is 11.1. The second-order valence-corrected chi connectivity index (χ2v) is 8.19. The Morgan fingerprint density at radius 1 is 1.07 bits per heavy atom. The molecule has 0 N–H and O–H groups in total. The van der Waals surface area contributed by atoms with Gasteiger partial charge in [-0.25, -0.2) is 5.01 Å². The number of alkyl halides is 3. The number of nitrogens with zero attached hydrogens (tertiary/aromatic N) is 2. The van der Waals surface area contributed by atoms with E-state index in [0.29, 0.717) is 10.0 Å². The van der Waals surface area contributed by atoms with Gasteiger partial charge in [-0.3, -0.25) is 14.6 Å². The highest BCUT2D eigenvalue weighted by atomic mass is 79.9. The van der Waals surface area contributed by atoms with Crippen LogP contribution in [0.15, 0.2) is 59.1 Å². The SMILES string of the molecule is COC(=O)[C@]1(C(F)(F)F)[C@H](c2ccccc2)N2CCC(=O)N2[C@H]1c1ccc(Br)cc1. The Morgan fingerprint density at radius 3 is 2.23 bits per heavy atom. The van der Waals surface area contributed by atoms with E-state index in [2.05, 4.69) is 15.9 Å². The van der Waals surface area contributed by atoms with Crippen LogP contribution in [0.4, 0.5) is 13.2 Å². The summed E-state index contributed by atoms with van der Waals surface area (Å²) in [6.07, 6.45) is -4.92. The van der Waals surface area contributed by atoms with Crippen molar-refractivity contribution in [1.82, 2.24) is 10.0 Å². The summed E-state index contributed by atoms with van der Waals surface area (Å²) in [4.78, 5) is 25.8. The fraction of sp³-hybridized carbons (Fsp3) is 0.333. The first-order chi connectivity index (χ1) is 14.2. The number of rotatable bonds is 3. The molecular formula is C21H18BrF3N2O3. The molecule has 0 saturated carbocycles. The molecule has 2 aliphatic heterocycles. The van der Waals surface area contributed by atoms with Gasteiger partial charge in [-0.15, -0.1) is 0 Å². The number of esters is 1. The smallest absolute Gasteiger partial charge is 0.409 e. The Balaban J connectivity index is 2.05. The maximum Gasteiger partial charge on any atom is 0.409 e. The van der Waals surface area contributed by atoms with Crippen molar-refractivity contribution in [2.24, 2.45) is 5.41 Å². The molecule has 1 amide bonds. The molecule has 0 bridgehead atoms. The van der Waals surface area contributed by atoms with Crippen LogP contribution in [0.5, 0.6) is 0 Å². The van der Waals surface area contributed by atoms with Gasteiger partial charge in [0.25, 0.3) is 0 Å². The van der Waals surface area contributed by atoms with E-state index in [1.165, 1.54) is 17.1 Å². The zero-order valence-electron chi connectivity index (χ0n) is 15.9. The first-order valence-corrected chi connectivity index (χ1v) is 10.1. The molecule has 4 rings (SSSR count). The van der Waals surface area contributed by atoms with Gasteiger partial charge >= 0.3 is 12.1 Å². The quantitative estimate of drug-likeness (QED) is 0.607. The van der Waals surface area contributed by atoms with E-state index in [4.69, 9.17) is 4.74 Å². The largest absolute Gasteiger partial charge is 0.468 e. The molecule has 9 heteroatoms. The predicted octanol–water partition coefficient (Wildman–Crippen LogP) is 4.42. The van der Waals surface area contributed by atoms with Crippen LogP contribution in [0.2, 0.25) is 0 Å². The third-order valence-electron chi connectivity index (χ3n) is 5.79. The van der Waals surface area contributed by atoms with Crippen molar-refractivity contribution >= 4 is 27.8 Å². The molecule has 2 aliphatic rings. The zero-order valence-corrected chi connectivity index (χ0v) is 17.5. The van der Waals surface area contributed by atoms with Crippen LogP contribution >= 0.6 is 15.9 Å². The van der Waals surface area contributed by atoms with Crippen LogP contribution < -0.4 is 0 Å². The number of carbonyl (C=O) groups is 2. The fourth-order valence-corrected chi connectivity index (χ4v) is 4.90. The second-order valence-electron chi connectivity index (χ2n) is 7.28. The van der Waals surface area contributed by atoms with Crippen molar-refractivity contribution in [3.05, 3.63) is 70.2 Å². The first kappa shape index (κ1) is 20.9. The highest BCUT2D eigenvalue weighted by molar-refractivity contribution is 9.10. The average molecular weight is 483 g/mol. The molecule has 0 unspecified atom stereocenters. The fourth-order valence-electron chi connectivity index (χ4n) is 4.64. The van der Waals surface area contributed by atoms with Crippen LogP contribution in [0, 0.1) is 5.41 Å². The zero-order chi connectivity index (χ0) is 21.7. The van der Waals surface area contributed by atoms with Crippen molar-refractivity contribution in [3.8, 4) is 0 Å². The van der Waals surface area contributed by atoms with Crippen LogP contribution in [-0.2, 0) is 14.3 Å². The first-order valence-electron chi connectivity index (χ1n) is 9.27. The molecule has 2 heterocycles. The molecule has 2 fully saturated rings. The number of benzene rings is 2. The van der Waals surface area contributed by atoms with Gasteiger partial charge in [0.1, 0.15) is 6.04 Å². The van der Waals surface area contributed by atoms with Gasteiger partial charge in [-0.05, 0) is 23.3 Å². The van der Waals surface area contributed by atoms with E-state index in [9.17, 15) is 22.8 Å². The Kier molecular flexibility index (Phi) is 5.14. The molecular weight excluding hydrogens is 465 g/mol. The van der Waals surface area contributed by atoms with Crippen molar-refractivity contribution in [2.45, 2.75) is 24.7 Å². The van der Waals surface area contributed by atoms with Crippen LogP contribution in [0.3, 0.4) is 0 Å². The second kappa shape index (κ2) is 7.39. The van der Waals surface area contributed by atoms with Gasteiger partial charge in [-0.2, -0.15) is 13.2 Å². The maximum atomic E-state index is 15.0. The monoisotopic (exact) mass is 482 g/mol. The molecule has 0 aliphatic carbocycles. The Hall–Kier alpha value is -2.39. The molecule has 5 nitrogen and oxygen atoms in total. The molecule has 30 heavy (non-hydrogen) atoms. The summed E-state index contributed by atoms with van der Waals surface area (Å²) in [6.45, 7) is 0.0836. The normalized spacial score (nSPS) is 26.7. The van der Waals surface area contributed by atoms with E-state index in [-0.39, 0.29) is 18.5 Å². The van der Waals surface area contributed by atoms with E-state index >= 15 is 0 Å². The number of hydrogen-bond donors (Lipinski definition) is 0. The highest BCUT2D eigenvalue weighted by Crippen LogP contribution is 2.65. The minimum atomic E-state index is -5.00. The molecule has 158 valence electrons. The van der Waals surface area contributed by atoms with E-state index < -0.39 is 35.6 Å². The van der Waals surface area contributed by atoms with Gasteiger partial charge in [0.2, 0.25) is 11.3 Å². The van der Waals surface area contributed by atoms with Crippen molar-refractivity contribution < 1.29 is 27.5 Å². The summed E-state index contributed by atoms with van der Waals surface area (Å²) in [5.74, 6) is -1.88. The summed E-state index contributed by atoms with van der Waals surface area (Å²) in [5, 5.41) is 2.47. The summed E-state index contributed by atoms with van der Waals surface area (Å²) in [7, 11) is 0.942. The molecule has 2 aromatic carbocycles. The minimum absolute atomic E-state index is 0.0749. The highest BCUT2D eigenvalue weighted by Gasteiger charge is 2.78. The lowest BCUT2D eigenvalue weighted by molar-refractivity contribution is -0.245. The van der Waals surface area contributed by atoms with Crippen LogP contribution in [-0.4, -0.2) is 41.7 Å². The maximum absolute atomic E-state index is 15.0. The van der Waals surface area contributed by atoms with Crippen molar-refractivity contribution in [1.29, 1.82) is 0 Å². The molecule has 0 aromatic heterocycles. The lowest BCUT2D eigenvalue weighted by Crippen LogP contribution is -2.53. The Morgan fingerprint density at radius 2 is 1.67 bits per heavy atom. The molecule has 3 atom stereocenters. The minimum Gasteiger partial charge on any atom is -0.468 e. The predicted molar refractivity (Wildman–Crippen MR) is 105 cm³/mol. The number of fused-ring (bicyclic) bond motifs is 1. The molecule has 0 spiro atoms. The number of ether oxygens (including phenoxy) is 1. The summed E-state index contributed by atoms with van der Waals surface area (Å²) < 4.78 is 50.3. The van der Waals surface area contributed by atoms with E-state index in [1.807, 2.05) is 0 Å². The van der Waals surface area contributed by atoms with Gasteiger partial charge in [0, 0.05) is 17.4 Å². The van der Waals surface area contributed by atoms with Gasteiger partial charge in [-0.1, -0.05) is 58.4 Å². The Labute approximate surface area is 179 Å². The van der Waals surface area contributed by atoms with E-state index in [0.717, 1.165) is 12.1 Å². The van der Waals surface area contributed by atoms with Crippen LogP contribution in [0.25, 0.3) is 0 Å². The summed E-state index contributed by atoms with van der Waals surface area (Å²) in [5.41, 5.74) is -2.49. The number of amides is 1. The van der Waals surface area contributed by atoms with E-state index in [1.54, 1.807) is 42.5 Å². The third-order valence-corrected chi connectivity index (χ3v) is 6.31. The van der Waals surface area contributed by atoms with Gasteiger partial charge in [0.15, 0.2) is 0 Å². The third kappa shape index (κ3) is 2.86. The topological polar surface area (TPSA) is 49.9 Å². The van der Waals surface area contributed by atoms with Crippen molar-refractivity contribution in [2.75, 3.05) is 13.7 Å². The number of hydrazine groups is 1. The lowest BCUT2D eigenvalue weighted by Gasteiger charge is -2.38. The number of carbonyl (C=O) groups excluding carboxylic acids is 2. The van der Waals surface area contributed by atoms with Gasteiger partial charge in [0.05, 0.1) is 13.2 Å². The average Bonchev–Trinajstić information content (AvgIpc) is 3.24. The number of hydrogen-bond acceptors (Lipinski definition) is 4. The van der Waals surface area contributed by atoms with Crippen LogP contribution in [0.1, 0.15) is 29.6 Å². The standard InChI is InChI=1S/C21H18BrF3N2O3/c1-30-19(29)20(21(23,24)25)17(13-5-3-2-4-6-13)26-12-11-16(28)27(26)18(20)14-7-9-15(22)10-8-14/h2-10,17-18H,11-12H2,1H3/t17-,18-,20-/m0/s1. The number of methoxy groups -OCH3 is 1. The lowest BCUT2D eigenvalue weighted by atomic mass is 9.69. The summed E-state index contributed by atoms with van der Waals surface area (Å²) >= 11 is 3.28. The number of halogens is 4. The molecule has 2 aromatic rings. The Bertz CT molecular complexity index is 968. The molecule has 0 radical (unpaired) electrons.